The van der Waals surface area contributed by atoms with Gasteiger partial charge in [0.05, 0.1) is 4.92 Å². The average Bonchev–Trinajstić information content (AvgIpc) is 2.40. The van der Waals surface area contributed by atoms with Gasteiger partial charge in [0.2, 0.25) is 0 Å². The summed E-state index contributed by atoms with van der Waals surface area (Å²) < 4.78 is 6.78. The summed E-state index contributed by atoms with van der Waals surface area (Å²) in [6.07, 6.45) is 1.21. The van der Waals surface area contributed by atoms with E-state index in [1.54, 1.807) is 7.05 Å². The molecule has 14 heavy (non-hydrogen) atoms. The predicted octanol–water partition coefficient (Wildman–Crippen LogP) is -0.321. The molecule has 1 aromatic rings. The Hall–Kier alpha value is -1.63. The third kappa shape index (κ3) is 1.41. The van der Waals surface area contributed by atoms with E-state index in [-0.39, 0.29) is 17.7 Å². The number of hydrogen-bond donors (Lipinski definition) is 1. The minimum absolute atomic E-state index is 0.0177. The zero-order valence-electron chi connectivity index (χ0n) is 7.64. The van der Waals surface area contributed by atoms with Gasteiger partial charge in [-0.1, -0.05) is 0 Å². The van der Waals surface area contributed by atoms with Gasteiger partial charge >= 0.3 is 5.69 Å². The second-order valence-electron chi connectivity index (χ2n) is 3.11. The van der Waals surface area contributed by atoms with E-state index in [9.17, 15) is 10.1 Å². The summed E-state index contributed by atoms with van der Waals surface area (Å²) in [6, 6.07) is 0. The van der Waals surface area contributed by atoms with Gasteiger partial charge < -0.3 is 10.1 Å². The zero-order chi connectivity index (χ0) is 10.1. The van der Waals surface area contributed by atoms with E-state index in [0.29, 0.717) is 0 Å². The number of nitro groups is 1. The first-order valence-corrected chi connectivity index (χ1v) is 4.22. The third-order valence-corrected chi connectivity index (χ3v) is 2.09. The Morgan fingerprint density at radius 3 is 3.00 bits per heavy atom. The molecule has 0 unspecified atom stereocenters. The SMILES string of the molecule is Cn1ncc([N+](=O)[O-])c1OC1CNC1. The molecule has 0 aromatic carbocycles. The number of aromatic nitrogens is 2. The Balaban J connectivity index is 2.20. The molecular weight excluding hydrogens is 188 g/mol. The van der Waals surface area contributed by atoms with Crippen LogP contribution in [0, 0.1) is 10.1 Å². The van der Waals surface area contributed by atoms with Crippen LogP contribution >= 0.6 is 0 Å². The Labute approximate surface area is 79.8 Å². The summed E-state index contributed by atoms with van der Waals surface area (Å²) in [5.74, 6) is 0.224. The standard InChI is InChI=1S/C7H10N4O3/c1-10-7(14-5-2-8-3-5)6(4-9-10)11(12)13/h4-5,8H,2-3H2,1H3. The first kappa shape index (κ1) is 8.95. The monoisotopic (exact) mass is 198 g/mol. The number of rotatable bonds is 3. The molecule has 1 aliphatic rings. The Kier molecular flexibility index (Phi) is 2.08. The van der Waals surface area contributed by atoms with E-state index >= 15 is 0 Å². The summed E-state index contributed by atoms with van der Waals surface area (Å²) >= 11 is 0. The molecule has 0 atom stereocenters. The van der Waals surface area contributed by atoms with Crippen molar-refractivity contribution in [3.63, 3.8) is 0 Å². The molecule has 1 N–H and O–H groups in total. The van der Waals surface area contributed by atoms with E-state index < -0.39 is 4.92 Å². The van der Waals surface area contributed by atoms with Crippen LogP contribution in [0.15, 0.2) is 6.20 Å². The van der Waals surface area contributed by atoms with E-state index in [2.05, 4.69) is 10.4 Å². The van der Waals surface area contributed by atoms with Crippen LogP contribution in [0.3, 0.4) is 0 Å². The van der Waals surface area contributed by atoms with Crippen molar-refractivity contribution < 1.29 is 9.66 Å². The van der Waals surface area contributed by atoms with Crippen LogP contribution in [0.4, 0.5) is 5.69 Å². The fraction of sp³-hybridized carbons (Fsp3) is 0.571. The van der Waals surface area contributed by atoms with Gasteiger partial charge in [-0.3, -0.25) is 10.1 Å². The van der Waals surface area contributed by atoms with Crippen molar-refractivity contribution in [1.29, 1.82) is 0 Å². The van der Waals surface area contributed by atoms with Crippen molar-refractivity contribution >= 4 is 5.69 Å². The lowest BCUT2D eigenvalue weighted by Crippen LogP contribution is -2.50. The van der Waals surface area contributed by atoms with Crippen LogP contribution in [0.5, 0.6) is 5.88 Å². The van der Waals surface area contributed by atoms with Crippen LogP contribution in [0.25, 0.3) is 0 Å². The Bertz CT molecular complexity index is 358. The molecule has 0 bridgehead atoms. The number of nitrogens with zero attached hydrogens (tertiary/aromatic N) is 3. The molecular formula is C7H10N4O3. The smallest absolute Gasteiger partial charge is 0.350 e. The lowest BCUT2D eigenvalue weighted by Gasteiger charge is -2.27. The minimum atomic E-state index is -0.492. The van der Waals surface area contributed by atoms with E-state index in [1.165, 1.54) is 10.9 Å². The van der Waals surface area contributed by atoms with Crippen molar-refractivity contribution in [2.45, 2.75) is 6.10 Å². The highest BCUT2D eigenvalue weighted by Gasteiger charge is 2.26. The van der Waals surface area contributed by atoms with Crippen molar-refractivity contribution in [1.82, 2.24) is 15.1 Å². The fourth-order valence-corrected chi connectivity index (χ4v) is 1.18. The van der Waals surface area contributed by atoms with Gasteiger partial charge in [-0.25, -0.2) is 4.68 Å². The van der Waals surface area contributed by atoms with Gasteiger partial charge in [-0.2, -0.15) is 5.10 Å². The van der Waals surface area contributed by atoms with Gasteiger partial charge in [0, 0.05) is 20.1 Å². The highest BCUT2D eigenvalue weighted by atomic mass is 16.6. The van der Waals surface area contributed by atoms with Gasteiger partial charge in [0.25, 0.3) is 5.88 Å². The summed E-state index contributed by atoms with van der Waals surface area (Å²) in [7, 11) is 1.62. The maximum absolute atomic E-state index is 10.6. The Morgan fingerprint density at radius 1 is 1.79 bits per heavy atom. The molecule has 1 aliphatic heterocycles. The lowest BCUT2D eigenvalue weighted by molar-refractivity contribution is -0.386. The van der Waals surface area contributed by atoms with E-state index in [0.717, 1.165) is 13.1 Å². The molecule has 76 valence electrons. The van der Waals surface area contributed by atoms with Crippen LogP contribution in [0.2, 0.25) is 0 Å². The zero-order valence-corrected chi connectivity index (χ0v) is 7.64. The molecule has 1 fully saturated rings. The maximum atomic E-state index is 10.6. The maximum Gasteiger partial charge on any atom is 0.350 e. The average molecular weight is 198 g/mol. The highest BCUT2D eigenvalue weighted by Crippen LogP contribution is 2.26. The van der Waals surface area contributed by atoms with Crippen molar-refractivity contribution in [2.75, 3.05) is 13.1 Å². The van der Waals surface area contributed by atoms with Crippen molar-refractivity contribution in [2.24, 2.45) is 7.05 Å². The topological polar surface area (TPSA) is 82.2 Å². The van der Waals surface area contributed by atoms with Crippen molar-refractivity contribution in [3.8, 4) is 5.88 Å². The predicted molar refractivity (Wildman–Crippen MR) is 47.1 cm³/mol. The lowest BCUT2D eigenvalue weighted by atomic mass is 10.2. The molecule has 7 nitrogen and oxygen atoms in total. The first-order valence-electron chi connectivity index (χ1n) is 4.22. The first-order chi connectivity index (χ1) is 6.68. The summed E-state index contributed by atoms with van der Waals surface area (Å²) in [4.78, 5) is 10.1. The quantitative estimate of drug-likeness (QED) is 0.531. The van der Waals surface area contributed by atoms with Crippen LogP contribution in [0.1, 0.15) is 0 Å². The summed E-state index contributed by atoms with van der Waals surface area (Å²) in [6.45, 7) is 1.45. The highest BCUT2D eigenvalue weighted by molar-refractivity contribution is 5.39. The third-order valence-electron chi connectivity index (χ3n) is 2.09. The minimum Gasteiger partial charge on any atom is -0.467 e. The summed E-state index contributed by atoms with van der Waals surface area (Å²) in [5.41, 5.74) is -0.0839. The van der Waals surface area contributed by atoms with Crippen molar-refractivity contribution in [3.05, 3.63) is 16.3 Å². The molecule has 1 saturated heterocycles. The molecule has 0 radical (unpaired) electrons. The van der Waals surface area contributed by atoms with Gasteiger partial charge in [-0.15, -0.1) is 0 Å². The second kappa shape index (κ2) is 3.26. The molecule has 0 spiro atoms. The number of hydrogen-bond acceptors (Lipinski definition) is 5. The van der Waals surface area contributed by atoms with Crippen LogP contribution < -0.4 is 10.1 Å². The molecule has 7 heteroatoms. The second-order valence-corrected chi connectivity index (χ2v) is 3.11. The molecule has 2 rings (SSSR count). The number of aryl methyl sites for hydroxylation is 1. The molecule has 2 heterocycles. The van der Waals surface area contributed by atoms with E-state index in [1.807, 2.05) is 0 Å². The summed E-state index contributed by atoms with van der Waals surface area (Å²) in [5, 5.41) is 17.4. The largest absolute Gasteiger partial charge is 0.467 e. The molecule has 1 aromatic heterocycles. The molecule has 0 saturated carbocycles. The van der Waals surface area contributed by atoms with Gasteiger partial charge in [0.1, 0.15) is 12.3 Å². The van der Waals surface area contributed by atoms with E-state index in [4.69, 9.17) is 4.74 Å². The molecule has 0 amide bonds. The van der Waals surface area contributed by atoms with Crippen LogP contribution in [-0.4, -0.2) is 33.9 Å². The van der Waals surface area contributed by atoms with Crippen LogP contribution in [-0.2, 0) is 7.05 Å². The number of nitrogens with one attached hydrogen (secondary N) is 1. The Morgan fingerprint density at radius 2 is 2.50 bits per heavy atom. The molecule has 0 aliphatic carbocycles. The van der Waals surface area contributed by atoms with Gasteiger partial charge in [0.15, 0.2) is 0 Å². The number of ether oxygens (including phenoxy) is 1. The normalized spacial score (nSPS) is 16.4. The fourth-order valence-electron chi connectivity index (χ4n) is 1.18. The van der Waals surface area contributed by atoms with Gasteiger partial charge in [-0.05, 0) is 0 Å².